The summed E-state index contributed by atoms with van der Waals surface area (Å²) in [6.07, 6.45) is 2.96. The van der Waals surface area contributed by atoms with Crippen LogP contribution >= 0.6 is 11.3 Å². The monoisotopic (exact) mass is 278 g/mol. The van der Waals surface area contributed by atoms with Gasteiger partial charge in [0.2, 0.25) is 5.95 Å². The molecule has 6 heteroatoms. The van der Waals surface area contributed by atoms with Crippen molar-refractivity contribution in [3.05, 3.63) is 11.4 Å². The van der Waals surface area contributed by atoms with E-state index in [2.05, 4.69) is 20.6 Å². The van der Waals surface area contributed by atoms with Gasteiger partial charge in [0.1, 0.15) is 10.6 Å². The average Bonchev–Trinajstić information content (AvgIpc) is 3.04. The molecule has 0 radical (unpaired) electrons. The molecule has 2 aromatic rings. The maximum absolute atomic E-state index is 9.86. The first-order chi connectivity index (χ1) is 9.28. The van der Waals surface area contributed by atoms with Gasteiger partial charge < -0.3 is 15.7 Å². The number of hydrogen-bond acceptors (Lipinski definition) is 6. The van der Waals surface area contributed by atoms with Crippen molar-refractivity contribution in [1.82, 2.24) is 9.97 Å². The molecule has 1 aliphatic carbocycles. The lowest BCUT2D eigenvalue weighted by molar-refractivity contribution is 0.138. The third-order valence-corrected chi connectivity index (χ3v) is 4.51. The quantitative estimate of drug-likeness (QED) is 0.800. The summed E-state index contributed by atoms with van der Waals surface area (Å²) in [5, 5.41) is 19.3. The summed E-state index contributed by atoms with van der Waals surface area (Å²) in [5.41, 5.74) is 0. The molecular formula is C13H18N4OS. The number of aromatic nitrogens is 2. The lowest BCUT2D eigenvalue weighted by Crippen LogP contribution is -2.22. The zero-order valence-electron chi connectivity index (χ0n) is 10.9. The van der Waals surface area contributed by atoms with Crippen LogP contribution in [0.15, 0.2) is 11.4 Å². The van der Waals surface area contributed by atoms with E-state index in [1.165, 1.54) is 0 Å². The summed E-state index contributed by atoms with van der Waals surface area (Å²) in [6.45, 7) is 0.770. The predicted molar refractivity (Wildman–Crippen MR) is 78.8 cm³/mol. The number of aliphatic hydroxyl groups is 1. The highest BCUT2D eigenvalue weighted by Crippen LogP contribution is 2.29. The molecule has 0 amide bonds. The number of thiophene rings is 1. The minimum absolute atomic E-state index is 0.170. The Kier molecular flexibility index (Phi) is 3.52. The van der Waals surface area contributed by atoms with Gasteiger partial charge in [-0.15, -0.1) is 11.3 Å². The summed E-state index contributed by atoms with van der Waals surface area (Å²) in [7, 11) is 1.82. The molecule has 2 aromatic heterocycles. The Labute approximate surface area is 116 Å². The third-order valence-electron chi connectivity index (χ3n) is 3.70. The van der Waals surface area contributed by atoms with Gasteiger partial charge in [-0.1, -0.05) is 6.42 Å². The van der Waals surface area contributed by atoms with Gasteiger partial charge in [0.15, 0.2) is 0 Å². The van der Waals surface area contributed by atoms with E-state index in [1.54, 1.807) is 11.3 Å². The fraction of sp³-hybridized carbons (Fsp3) is 0.538. The Morgan fingerprint density at radius 2 is 2.32 bits per heavy atom. The molecule has 0 saturated heterocycles. The van der Waals surface area contributed by atoms with Gasteiger partial charge in [0.05, 0.1) is 11.5 Å². The third kappa shape index (κ3) is 2.50. The van der Waals surface area contributed by atoms with Crippen molar-refractivity contribution < 1.29 is 5.11 Å². The van der Waals surface area contributed by atoms with Crippen LogP contribution in [0.1, 0.15) is 19.3 Å². The van der Waals surface area contributed by atoms with Gasteiger partial charge in [0.25, 0.3) is 0 Å². The molecule has 2 atom stereocenters. The average molecular weight is 278 g/mol. The molecule has 1 aliphatic rings. The number of hydrogen-bond donors (Lipinski definition) is 3. The van der Waals surface area contributed by atoms with Crippen LogP contribution in [0, 0.1) is 5.92 Å². The Bertz CT molecular complexity index is 571. The molecule has 5 nitrogen and oxygen atoms in total. The number of nitrogens with zero attached hydrogens (tertiary/aromatic N) is 2. The second-order valence-electron chi connectivity index (χ2n) is 4.92. The van der Waals surface area contributed by atoms with E-state index in [4.69, 9.17) is 0 Å². The van der Waals surface area contributed by atoms with Crippen LogP contribution in [0.2, 0.25) is 0 Å². The fourth-order valence-electron chi connectivity index (χ4n) is 2.59. The maximum atomic E-state index is 9.86. The number of anilines is 2. The fourth-order valence-corrected chi connectivity index (χ4v) is 3.35. The second kappa shape index (κ2) is 5.30. The van der Waals surface area contributed by atoms with Gasteiger partial charge >= 0.3 is 0 Å². The first-order valence-corrected chi connectivity index (χ1v) is 7.51. The van der Waals surface area contributed by atoms with Crippen molar-refractivity contribution >= 4 is 33.3 Å². The smallest absolute Gasteiger partial charge is 0.225 e. The van der Waals surface area contributed by atoms with E-state index in [0.717, 1.165) is 41.8 Å². The molecule has 0 aromatic carbocycles. The summed E-state index contributed by atoms with van der Waals surface area (Å²) in [5.74, 6) is 1.82. The number of aliphatic hydroxyl groups excluding tert-OH is 1. The van der Waals surface area contributed by atoms with Crippen molar-refractivity contribution in [2.24, 2.45) is 5.92 Å². The zero-order chi connectivity index (χ0) is 13.2. The molecule has 1 fully saturated rings. The number of rotatable bonds is 4. The van der Waals surface area contributed by atoms with Crippen LogP contribution in [0.3, 0.4) is 0 Å². The first-order valence-electron chi connectivity index (χ1n) is 6.63. The second-order valence-corrected chi connectivity index (χ2v) is 5.82. The Morgan fingerprint density at radius 3 is 3.05 bits per heavy atom. The van der Waals surface area contributed by atoms with Gasteiger partial charge in [-0.3, -0.25) is 0 Å². The largest absolute Gasteiger partial charge is 0.393 e. The van der Waals surface area contributed by atoms with Crippen molar-refractivity contribution in [1.29, 1.82) is 0 Å². The molecule has 102 valence electrons. The highest BCUT2D eigenvalue weighted by atomic mass is 32.1. The Hall–Kier alpha value is -1.40. The van der Waals surface area contributed by atoms with Crippen LogP contribution in [-0.4, -0.2) is 34.8 Å². The van der Waals surface area contributed by atoms with Crippen LogP contribution in [0.4, 0.5) is 11.8 Å². The lowest BCUT2D eigenvalue weighted by Gasteiger charge is -2.16. The lowest BCUT2D eigenvalue weighted by atomic mass is 10.1. The van der Waals surface area contributed by atoms with Crippen molar-refractivity contribution in [2.75, 3.05) is 24.2 Å². The van der Waals surface area contributed by atoms with E-state index in [1.807, 2.05) is 18.5 Å². The van der Waals surface area contributed by atoms with Crippen molar-refractivity contribution in [2.45, 2.75) is 25.4 Å². The molecule has 0 bridgehead atoms. The summed E-state index contributed by atoms with van der Waals surface area (Å²) in [4.78, 5) is 9.87. The Balaban J connectivity index is 1.81. The minimum Gasteiger partial charge on any atom is -0.393 e. The summed E-state index contributed by atoms with van der Waals surface area (Å²) >= 11 is 1.61. The van der Waals surface area contributed by atoms with Gasteiger partial charge in [-0.2, -0.15) is 4.98 Å². The van der Waals surface area contributed by atoms with Crippen molar-refractivity contribution in [3.63, 3.8) is 0 Å². The topological polar surface area (TPSA) is 70.1 Å². The summed E-state index contributed by atoms with van der Waals surface area (Å²) < 4.78 is 0. The molecule has 0 aliphatic heterocycles. The van der Waals surface area contributed by atoms with Crippen LogP contribution < -0.4 is 10.6 Å². The number of fused-ring (bicyclic) bond motifs is 1. The standard InChI is InChI=1S/C13H18N4OS/c1-14-13-16-11(9-5-6-19-12(9)17-13)15-7-8-3-2-4-10(8)18/h5-6,8,10,18H,2-4,7H2,1H3,(H2,14,15,16,17). The predicted octanol–water partition coefficient (Wildman–Crippen LogP) is 2.31. The molecule has 2 heterocycles. The van der Waals surface area contributed by atoms with Crippen LogP contribution in [0.5, 0.6) is 0 Å². The van der Waals surface area contributed by atoms with Gasteiger partial charge in [-0.05, 0) is 24.3 Å². The molecule has 2 unspecified atom stereocenters. The highest BCUT2D eigenvalue weighted by Gasteiger charge is 2.25. The highest BCUT2D eigenvalue weighted by molar-refractivity contribution is 7.16. The first kappa shape index (κ1) is 12.6. The Morgan fingerprint density at radius 1 is 1.42 bits per heavy atom. The number of nitrogens with one attached hydrogen (secondary N) is 2. The van der Waals surface area contributed by atoms with Gasteiger partial charge in [-0.25, -0.2) is 4.98 Å². The maximum Gasteiger partial charge on any atom is 0.225 e. The minimum atomic E-state index is -0.170. The zero-order valence-corrected chi connectivity index (χ0v) is 11.7. The van der Waals surface area contributed by atoms with Crippen molar-refractivity contribution in [3.8, 4) is 0 Å². The SMILES string of the molecule is CNc1nc(NCC2CCCC2O)c2ccsc2n1. The molecule has 3 N–H and O–H groups in total. The molecule has 0 spiro atoms. The van der Waals surface area contributed by atoms with E-state index in [-0.39, 0.29) is 6.10 Å². The molecule has 19 heavy (non-hydrogen) atoms. The van der Waals surface area contributed by atoms with Crippen LogP contribution in [-0.2, 0) is 0 Å². The van der Waals surface area contributed by atoms with Crippen LogP contribution in [0.25, 0.3) is 10.2 Å². The van der Waals surface area contributed by atoms with E-state index >= 15 is 0 Å². The molecule has 3 rings (SSSR count). The molecule has 1 saturated carbocycles. The normalized spacial score (nSPS) is 22.8. The van der Waals surface area contributed by atoms with Gasteiger partial charge in [0, 0.05) is 19.5 Å². The van der Waals surface area contributed by atoms with E-state index < -0.39 is 0 Å². The van der Waals surface area contributed by atoms with E-state index in [9.17, 15) is 5.11 Å². The molecular weight excluding hydrogens is 260 g/mol. The summed E-state index contributed by atoms with van der Waals surface area (Å²) in [6, 6.07) is 2.03. The van der Waals surface area contributed by atoms with E-state index in [0.29, 0.717) is 11.9 Å².